The van der Waals surface area contributed by atoms with Crippen molar-refractivity contribution in [1.29, 1.82) is 0 Å². The molecule has 8 nitrogen and oxygen atoms in total. The molecule has 1 aliphatic heterocycles. The summed E-state index contributed by atoms with van der Waals surface area (Å²) in [6.45, 7) is 2.55. The van der Waals surface area contributed by atoms with Gasteiger partial charge in [0.05, 0.1) is 11.0 Å². The Bertz CT molecular complexity index is 1360. The Morgan fingerprint density at radius 3 is 2.81 bits per heavy atom. The molecule has 4 aromatic rings. The van der Waals surface area contributed by atoms with E-state index in [1.54, 1.807) is 21.4 Å². The second-order valence-electron chi connectivity index (χ2n) is 8.65. The maximum absolute atomic E-state index is 13.9. The topological polar surface area (TPSA) is 87.5 Å². The minimum atomic E-state index is -0.754. The molecule has 0 radical (unpaired) electrons. The Morgan fingerprint density at radius 2 is 2.03 bits per heavy atom. The fraction of sp³-hybridized carbons (Fsp3) is 0.455. The van der Waals surface area contributed by atoms with Gasteiger partial charge < -0.3 is 9.26 Å². The average molecular weight is 440 g/mol. The molecule has 1 atom stereocenters. The van der Waals surface area contributed by atoms with Gasteiger partial charge >= 0.3 is 0 Å². The molecule has 2 aliphatic rings. The van der Waals surface area contributed by atoms with Gasteiger partial charge in [-0.05, 0) is 50.8 Å². The highest BCUT2D eigenvalue weighted by atomic mass is 35.5. The Kier molecular flexibility index (Phi) is 4.23. The Balaban J connectivity index is 1.62. The monoisotopic (exact) mass is 439 g/mol. The summed E-state index contributed by atoms with van der Waals surface area (Å²) in [5.74, 6) is 1.27. The van der Waals surface area contributed by atoms with Crippen LogP contribution in [-0.2, 0) is 10.5 Å². The van der Waals surface area contributed by atoms with Gasteiger partial charge in [0.25, 0.3) is 5.56 Å². The lowest BCUT2D eigenvalue weighted by molar-refractivity contribution is -0.0447. The molecule has 1 saturated heterocycles. The van der Waals surface area contributed by atoms with Gasteiger partial charge in [0.1, 0.15) is 23.3 Å². The number of nitrogens with zero attached hydrogens (tertiary/aromatic N) is 5. The molecule has 3 aromatic heterocycles. The van der Waals surface area contributed by atoms with Crippen LogP contribution >= 0.6 is 11.6 Å². The van der Waals surface area contributed by atoms with E-state index in [1.165, 1.54) is 12.8 Å². The number of rotatable bonds is 3. The van der Waals surface area contributed by atoms with Crippen LogP contribution in [0.3, 0.4) is 0 Å². The van der Waals surface area contributed by atoms with Crippen molar-refractivity contribution in [3.05, 3.63) is 45.8 Å². The highest BCUT2D eigenvalue weighted by Crippen LogP contribution is 2.36. The molecule has 0 bridgehead atoms. The van der Waals surface area contributed by atoms with E-state index in [0.29, 0.717) is 46.0 Å². The number of ether oxygens (including phenoxy) is 1. The van der Waals surface area contributed by atoms with Gasteiger partial charge in [0.15, 0.2) is 0 Å². The molecule has 1 aliphatic carbocycles. The van der Waals surface area contributed by atoms with E-state index in [-0.39, 0.29) is 5.56 Å². The molecule has 1 unspecified atom stereocenters. The minimum absolute atomic E-state index is 0.209. The smallest absolute Gasteiger partial charge is 0.280 e. The second-order valence-corrected chi connectivity index (χ2v) is 9.09. The molecule has 6 rings (SSSR count). The van der Waals surface area contributed by atoms with Gasteiger partial charge in [0.2, 0.25) is 11.7 Å². The first-order valence-electron chi connectivity index (χ1n) is 10.7. The largest absolute Gasteiger partial charge is 0.355 e. The third-order valence-electron chi connectivity index (χ3n) is 6.64. The van der Waals surface area contributed by atoms with E-state index in [0.717, 1.165) is 31.2 Å². The Hall–Kier alpha value is -2.71. The molecule has 160 valence electrons. The van der Waals surface area contributed by atoms with E-state index >= 15 is 0 Å². The van der Waals surface area contributed by atoms with Gasteiger partial charge in [-0.2, -0.15) is 4.98 Å². The van der Waals surface area contributed by atoms with E-state index in [1.807, 2.05) is 19.1 Å². The lowest BCUT2D eigenvalue weighted by Gasteiger charge is -2.28. The Morgan fingerprint density at radius 1 is 1.19 bits per heavy atom. The molecule has 0 amide bonds. The second kappa shape index (κ2) is 6.90. The molecule has 4 heterocycles. The zero-order valence-electron chi connectivity index (χ0n) is 17.2. The lowest BCUT2D eigenvalue weighted by Crippen LogP contribution is -2.39. The van der Waals surface area contributed by atoms with Crippen LogP contribution in [0.5, 0.6) is 0 Å². The van der Waals surface area contributed by atoms with Crippen molar-refractivity contribution >= 4 is 28.2 Å². The summed E-state index contributed by atoms with van der Waals surface area (Å²) in [5.41, 5.74) is 1.39. The number of benzene rings is 1. The van der Waals surface area contributed by atoms with Crippen LogP contribution in [0.25, 0.3) is 28.1 Å². The van der Waals surface area contributed by atoms with Crippen molar-refractivity contribution in [3.8, 4) is 11.5 Å². The highest BCUT2D eigenvalue weighted by Gasteiger charge is 2.36. The molecular weight excluding hydrogens is 418 g/mol. The number of fused-ring (bicyclic) bond motifs is 3. The average Bonchev–Trinajstić information content (AvgIpc) is 3.53. The molecule has 1 aromatic carbocycles. The fourth-order valence-corrected chi connectivity index (χ4v) is 5.24. The number of aromatic nitrogens is 5. The maximum atomic E-state index is 13.9. The van der Waals surface area contributed by atoms with Crippen molar-refractivity contribution < 1.29 is 9.26 Å². The van der Waals surface area contributed by atoms with E-state index in [2.05, 4.69) is 15.1 Å². The van der Waals surface area contributed by atoms with Crippen molar-refractivity contribution in [2.24, 2.45) is 0 Å². The van der Waals surface area contributed by atoms with Gasteiger partial charge in [0, 0.05) is 17.5 Å². The van der Waals surface area contributed by atoms with Crippen LogP contribution in [0.15, 0.2) is 33.8 Å². The highest BCUT2D eigenvalue weighted by molar-refractivity contribution is 6.31. The lowest BCUT2D eigenvalue weighted by atomic mass is 10.1. The zero-order chi connectivity index (χ0) is 21.2. The number of hydrogen-bond donors (Lipinski definition) is 0. The van der Waals surface area contributed by atoms with Crippen LogP contribution in [0.1, 0.15) is 57.3 Å². The summed E-state index contributed by atoms with van der Waals surface area (Å²) >= 11 is 6.30. The normalized spacial score (nSPS) is 22.3. The quantitative estimate of drug-likeness (QED) is 0.467. The van der Waals surface area contributed by atoms with Crippen molar-refractivity contribution in [2.75, 3.05) is 6.61 Å². The molecule has 0 spiro atoms. The van der Waals surface area contributed by atoms with Crippen LogP contribution in [0.4, 0.5) is 0 Å². The SMILES string of the molecule is CC1(n2c(=O)c3c(-c4noc(C5CCCC5)n4)ncn3c3ccc(Cl)cc32)CCCO1. The predicted octanol–water partition coefficient (Wildman–Crippen LogP) is 4.49. The molecular formula is C22H22ClN5O3. The standard InChI is InChI=1S/C22H22ClN5O3/c1-22(9-4-10-30-22)28-16-11-14(23)7-8-15(16)27-12-24-17(18(27)21(28)29)19-25-20(31-26-19)13-5-2-3-6-13/h7-8,11-13H,2-6,9-10H2,1H3. The fourth-order valence-electron chi connectivity index (χ4n) is 5.07. The van der Waals surface area contributed by atoms with Crippen molar-refractivity contribution in [3.63, 3.8) is 0 Å². The first-order valence-corrected chi connectivity index (χ1v) is 11.1. The van der Waals surface area contributed by atoms with Crippen LogP contribution in [0.2, 0.25) is 5.02 Å². The number of halogens is 1. The Labute approximate surface area is 182 Å². The molecule has 0 N–H and O–H groups in total. The van der Waals surface area contributed by atoms with E-state index in [4.69, 9.17) is 20.9 Å². The van der Waals surface area contributed by atoms with Gasteiger partial charge in [-0.15, -0.1) is 0 Å². The van der Waals surface area contributed by atoms with Gasteiger partial charge in [-0.3, -0.25) is 13.8 Å². The summed E-state index contributed by atoms with van der Waals surface area (Å²) < 4.78 is 15.1. The first kappa shape index (κ1) is 19.0. The minimum Gasteiger partial charge on any atom is -0.355 e. The van der Waals surface area contributed by atoms with Crippen LogP contribution in [-0.4, -0.2) is 30.7 Å². The predicted molar refractivity (Wildman–Crippen MR) is 115 cm³/mol. The zero-order valence-corrected chi connectivity index (χ0v) is 17.9. The summed E-state index contributed by atoms with van der Waals surface area (Å²) in [6.07, 6.45) is 7.72. The number of hydrogen-bond acceptors (Lipinski definition) is 6. The van der Waals surface area contributed by atoms with E-state index < -0.39 is 5.72 Å². The molecule has 2 fully saturated rings. The first-order chi connectivity index (χ1) is 15.0. The third-order valence-corrected chi connectivity index (χ3v) is 6.88. The summed E-state index contributed by atoms with van der Waals surface area (Å²) in [5, 5.41) is 4.73. The van der Waals surface area contributed by atoms with Gasteiger partial charge in [-0.25, -0.2) is 4.98 Å². The summed E-state index contributed by atoms with van der Waals surface area (Å²) in [4.78, 5) is 23.0. The van der Waals surface area contributed by atoms with Crippen molar-refractivity contribution in [2.45, 2.75) is 57.1 Å². The summed E-state index contributed by atoms with van der Waals surface area (Å²) in [6, 6.07) is 5.50. The molecule has 31 heavy (non-hydrogen) atoms. The van der Waals surface area contributed by atoms with E-state index in [9.17, 15) is 4.79 Å². The molecule has 1 saturated carbocycles. The van der Waals surface area contributed by atoms with Gasteiger partial charge in [-0.1, -0.05) is 29.6 Å². The maximum Gasteiger partial charge on any atom is 0.280 e. The van der Waals surface area contributed by atoms with Crippen LogP contribution in [0, 0.1) is 0 Å². The molecule has 9 heteroatoms. The third kappa shape index (κ3) is 2.85. The van der Waals surface area contributed by atoms with Crippen molar-refractivity contribution in [1.82, 2.24) is 24.1 Å². The summed E-state index contributed by atoms with van der Waals surface area (Å²) in [7, 11) is 0. The van der Waals surface area contributed by atoms with Crippen LogP contribution < -0.4 is 5.56 Å². The number of imidazole rings is 1.